The highest BCUT2D eigenvalue weighted by Crippen LogP contribution is 2.65. The van der Waals surface area contributed by atoms with Crippen LogP contribution in [0.4, 0.5) is 5.69 Å². The number of likely N-dealkylation sites (tertiary alicyclic amines) is 1. The van der Waals surface area contributed by atoms with Gasteiger partial charge in [-0.05, 0) is 63.3 Å². The van der Waals surface area contributed by atoms with Crippen molar-refractivity contribution < 1.29 is 29.0 Å². The second-order valence-electron chi connectivity index (χ2n) is 10.1. The lowest BCUT2D eigenvalue weighted by Gasteiger charge is -2.37. The highest BCUT2D eigenvalue weighted by molar-refractivity contribution is 6.30. The summed E-state index contributed by atoms with van der Waals surface area (Å²) >= 11 is 6.08. The van der Waals surface area contributed by atoms with E-state index in [-0.39, 0.29) is 44.0 Å². The summed E-state index contributed by atoms with van der Waals surface area (Å²) in [5, 5.41) is 9.87. The van der Waals surface area contributed by atoms with Gasteiger partial charge in [-0.15, -0.1) is 6.58 Å². The Balaban J connectivity index is 1.80. The zero-order valence-corrected chi connectivity index (χ0v) is 21.9. The van der Waals surface area contributed by atoms with E-state index in [4.69, 9.17) is 21.1 Å². The van der Waals surface area contributed by atoms with Gasteiger partial charge in [-0.3, -0.25) is 14.4 Å². The number of aliphatic hydroxyl groups is 1. The number of aliphatic hydroxyl groups excluding tert-OH is 1. The summed E-state index contributed by atoms with van der Waals surface area (Å²) in [6.45, 7) is 10.1. The van der Waals surface area contributed by atoms with Crippen LogP contribution in [-0.4, -0.2) is 71.3 Å². The van der Waals surface area contributed by atoms with Crippen molar-refractivity contribution in [2.45, 2.75) is 57.3 Å². The predicted octanol–water partition coefficient (Wildman–Crippen LogP) is 3.21. The molecule has 8 nitrogen and oxygen atoms in total. The molecule has 196 valence electrons. The standard InChI is InChI=1S/C27H35ClN2O6/c1-5-13-29(19-11-9-18(28)10-12-19)24(33)22-27-16-17(3)26(4,36-27)21(25(34)35-6-2)20(27)23(32)30(22)14-7-8-15-31/h5,9-12,17,20-22,31H,1,6-8,13-16H2,2-4H3/t17?,20-,21-,22?,26+,27?/m0/s1. The second-order valence-corrected chi connectivity index (χ2v) is 10.6. The predicted molar refractivity (Wildman–Crippen MR) is 135 cm³/mol. The number of carbonyl (C=O) groups is 3. The number of fused-ring (bicyclic) bond motifs is 1. The molecule has 3 heterocycles. The van der Waals surface area contributed by atoms with E-state index in [0.29, 0.717) is 30.0 Å². The van der Waals surface area contributed by atoms with Gasteiger partial charge in [0.25, 0.3) is 5.91 Å². The summed E-state index contributed by atoms with van der Waals surface area (Å²) in [5.41, 5.74) is -1.43. The number of hydrogen-bond donors (Lipinski definition) is 1. The van der Waals surface area contributed by atoms with Crippen LogP contribution >= 0.6 is 11.6 Å². The van der Waals surface area contributed by atoms with Crippen LogP contribution in [-0.2, 0) is 23.9 Å². The maximum absolute atomic E-state index is 14.4. The van der Waals surface area contributed by atoms with Gasteiger partial charge in [0.1, 0.15) is 17.6 Å². The Morgan fingerprint density at radius 2 is 2.03 bits per heavy atom. The van der Waals surface area contributed by atoms with Gasteiger partial charge < -0.3 is 24.4 Å². The molecule has 6 atom stereocenters. The van der Waals surface area contributed by atoms with Gasteiger partial charge >= 0.3 is 5.97 Å². The van der Waals surface area contributed by atoms with Crippen molar-refractivity contribution in [3.63, 3.8) is 0 Å². The minimum atomic E-state index is -1.15. The normalized spacial score (nSPS) is 32.5. The molecule has 1 aromatic rings. The van der Waals surface area contributed by atoms with Crippen LogP contribution in [0.5, 0.6) is 0 Å². The molecule has 3 aliphatic rings. The van der Waals surface area contributed by atoms with Gasteiger partial charge in [-0.1, -0.05) is 24.6 Å². The number of anilines is 1. The van der Waals surface area contributed by atoms with Gasteiger partial charge in [-0.2, -0.15) is 0 Å². The van der Waals surface area contributed by atoms with E-state index in [1.165, 1.54) is 0 Å². The number of unbranched alkanes of at least 4 members (excludes halogenated alkanes) is 1. The smallest absolute Gasteiger partial charge is 0.312 e. The largest absolute Gasteiger partial charge is 0.466 e. The molecule has 36 heavy (non-hydrogen) atoms. The molecule has 3 aliphatic heterocycles. The number of ether oxygens (including phenoxy) is 2. The SMILES string of the molecule is C=CCN(C(=O)C1N(CCCCO)C(=O)[C@@H]2[C@@H](C(=O)OCC)[C@]3(C)OC12CC3C)c1ccc(Cl)cc1. The molecule has 3 unspecified atom stereocenters. The number of amides is 2. The fourth-order valence-electron chi connectivity index (χ4n) is 6.46. The van der Waals surface area contributed by atoms with E-state index >= 15 is 0 Å². The van der Waals surface area contributed by atoms with Crippen LogP contribution in [0.2, 0.25) is 5.02 Å². The van der Waals surface area contributed by atoms with E-state index in [9.17, 15) is 19.5 Å². The minimum absolute atomic E-state index is 0.0143. The van der Waals surface area contributed by atoms with E-state index < -0.39 is 35.0 Å². The van der Waals surface area contributed by atoms with Gasteiger partial charge in [-0.25, -0.2) is 0 Å². The lowest BCUT2D eigenvalue weighted by Crippen LogP contribution is -2.57. The Morgan fingerprint density at radius 1 is 1.33 bits per heavy atom. The Labute approximate surface area is 217 Å². The van der Waals surface area contributed by atoms with Crippen molar-refractivity contribution in [2.75, 3.05) is 31.2 Å². The van der Waals surface area contributed by atoms with Crippen LogP contribution in [0.3, 0.4) is 0 Å². The van der Waals surface area contributed by atoms with Crippen molar-refractivity contribution in [1.29, 1.82) is 0 Å². The maximum Gasteiger partial charge on any atom is 0.312 e. The first-order valence-electron chi connectivity index (χ1n) is 12.6. The van der Waals surface area contributed by atoms with Gasteiger partial charge in [0, 0.05) is 30.4 Å². The van der Waals surface area contributed by atoms with Crippen LogP contribution in [0.1, 0.15) is 40.0 Å². The first-order valence-corrected chi connectivity index (χ1v) is 13.0. The molecule has 1 N–H and O–H groups in total. The number of benzene rings is 1. The number of hydrogen-bond acceptors (Lipinski definition) is 6. The van der Waals surface area contributed by atoms with E-state index in [2.05, 4.69) is 6.58 Å². The third kappa shape index (κ3) is 4.03. The molecule has 2 amide bonds. The molecule has 1 aromatic carbocycles. The summed E-state index contributed by atoms with van der Waals surface area (Å²) < 4.78 is 12.1. The monoisotopic (exact) mass is 518 g/mol. The van der Waals surface area contributed by atoms with E-state index in [0.717, 1.165) is 0 Å². The van der Waals surface area contributed by atoms with Crippen molar-refractivity contribution in [3.05, 3.63) is 41.9 Å². The van der Waals surface area contributed by atoms with Gasteiger partial charge in [0.2, 0.25) is 5.91 Å². The average Bonchev–Trinajstić information content (AvgIpc) is 3.35. The van der Waals surface area contributed by atoms with Crippen molar-refractivity contribution >= 4 is 35.1 Å². The van der Waals surface area contributed by atoms with E-state index in [1.54, 1.807) is 47.1 Å². The van der Waals surface area contributed by atoms with Crippen molar-refractivity contribution in [1.82, 2.24) is 4.90 Å². The molecule has 3 fully saturated rings. The Hall–Kier alpha value is -2.42. The third-order valence-corrected chi connectivity index (χ3v) is 8.36. The van der Waals surface area contributed by atoms with Gasteiger partial charge in [0.15, 0.2) is 0 Å². The number of halogens is 1. The minimum Gasteiger partial charge on any atom is -0.466 e. The molecule has 9 heteroatoms. The molecular formula is C27H35ClN2O6. The number of carbonyl (C=O) groups excluding carboxylic acids is 3. The van der Waals surface area contributed by atoms with Crippen LogP contribution in [0.25, 0.3) is 0 Å². The lowest BCUT2D eigenvalue weighted by molar-refractivity contribution is -0.161. The Bertz CT molecular complexity index is 1030. The first-order chi connectivity index (χ1) is 17.2. The fourth-order valence-corrected chi connectivity index (χ4v) is 6.59. The molecule has 0 radical (unpaired) electrons. The number of rotatable bonds is 10. The first kappa shape index (κ1) is 26.6. The van der Waals surface area contributed by atoms with Crippen molar-refractivity contribution in [2.24, 2.45) is 17.8 Å². The summed E-state index contributed by atoms with van der Waals surface area (Å²) in [4.78, 5) is 44.7. The molecule has 0 aromatic heterocycles. The topological polar surface area (TPSA) is 96.4 Å². The van der Waals surface area contributed by atoms with E-state index in [1.807, 2.05) is 13.8 Å². The molecule has 0 saturated carbocycles. The molecule has 3 saturated heterocycles. The lowest BCUT2D eigenvalue weighted by atomic mass is 9.62. The van der Waals surface area contributed by atoms with Crippen LogP contribution in [0, 0.1) is 17.8 Å². The number of nitrogens with zero attached hydrogens (tertiary/aromatic N) is 2. The summed E-state index contributed by atoms with van der Waals surface area (Å²) in [5.74, 6) is -2.69. The zero-order valence-electron chi connectivity index (χ0n) is 21.1. The molecule has 2 bridgehead atoms. The zero-order chi connectivity index (χ0) is 26.3. The maximum atomic E-state index is 14.4. The Kier molecular flexibility index (Phi) is 7.51. The van der Waals surface area contributed by atoms with Crippen LogP contribution < -0.4 is 4.90 Å². The number of esters is 1. The average molecular weight is 519 g/mol. The summed E-state index contributed by atoms with van der Waals surface area (Å²) in [6.07, 6.45) is 3.12. The molecule has 0 aliphatic carbocycles. The fraction of sp³-hybridized carbons (Fsp3) is 0.593. The molecule has 1 spiro atoms. The quantitative estimate of drug-likeness (QED) is 0.290. The van der Waals surface area contributed by atoms with Gasteiger partial charge in [0.05, 0.1) is 18.1 Å². The summed E-state index contributed by atoms with van der Waals surface area (Å²) in [6, 6.07) is 6.00. The third-order valence-electron chi connectivity index (χ3n) is 8.11. The Morgan fingerprint density at radius 3 is 2.64 bits per heavy atom. The highest BCUT2D eigenvalue weighted by Gasteiger charge is 2.80. The highest BCUT2D eigenvalue weighted by atomic mass is 35.5. The van der Waals surface area contributed by atoms with Crippen molar-refractivity contribution in [3.8, 4) is 0 Å². The molecule has 4 rings (SSSR count). The van der Waals surface area contributed by atoms with Crippen LogP contribution in [0.15, 0.2) is 36.9 Å². The second kappa shape index (κ2) is 10.1. The molecular weight excluding hydrogens is 484 g/mol. The summed E-state index contributed by atoms with van der Waals surface area (Å²) in [7, 11) is 0.